The van der Waals surface area contributed by atoms with Crippen molar-refractivity contribution in [3.05, 3.63) is 112 Å². The summed E-state index contributed by atoms with van der Waals surface area (Å²) < 4.78 is 1.64. The summed E-state index contributed by atoms with van der Waals surface area (Å²) in [4.78, 5) is 4.52. The SMILES string of the molecule is CC[C@@H](Nc1c(C#N)cnc2c(Cl)cc(N[C@H](c3cn(C4(C#N)CC4)nn3)c3ccccc3Cl)cc12)c1ccccc1. The zero-order valence-corrected chi connectivity index (χ0v) is 24.2. The number of nitrogens with one attached hydrogen (secondary N) is 2. The Balaban J connectivity index is 1.44. The van der Waals surface area contributed by atoms with Crippen LogP contribution in [0.2, 0.25) is 10.0 Å². The van der Waals surface area contributed by atoms with E-state index < -0.39 is 11.6 Å². The van der Waals surface area contributed by atoms with E-state index in [-0.39, 0.29) is 6.04 Å². The maximum atomic E-state index is 10.0. The maximum absolute atomic E-state index is 10.0. The highest BCUT2D eigenvalue weighted by Crippen LogP contribution is 2.43. The van der Waals surface area contributed by atoms with Crippen LogP contribution in [0.15, 0.2) is 79.1 Å². The molecular formula is C32H26Cl2N8. The lowest BCUT2D eigenvalue weighted by Crippen LogP contribution is -2.16. The van der Waals surface area contributed by atoms with Gasteiger partial charge in [0.1, 0.15) is 11.8 Å². The lowest BCUT2D eigenvalue weighted by molar-refractivity contribution is 0.516. The Morgan fingerprint density at radius 3 is 2.45 bits per heavy atom. The van der Waals surface area contributed by atoms with Gasteiger partial charge >= 0.3 is 0 Å². The lowest BCUT2D eigenvalue weighted by atomic mass is 10.0. The molecule has 6 rings (SSSR count). The van der Waals surface area contributed by atoms with Crippen molar-refractivity contribution in [3.8, 4) is 12.1 Å². The molecule has 1 saturated carbocycles. The number of aromatic nitrogens is 4. The third-order valence-electron chi connectivity index (χ3n) is 7.68. The zero-order valence-electron chi connectivity index (χ0n) is 22.7. The van der Waals surface area contributed by atoms with E-state index in [2.05, 4.69) is 57.1 Å². The largest absolute Gasteiger partial charge is 0.377 e. The number of hydrogen-bond donors (Lipinski definition) is 2. The van der Waals surface area contributed by atoms with Crippen LogP contribution in [0.5, 0.6) is 0 Å². The highest BCUT2D eigenvalue weighted by atomic mass is 35.5. The fourth-order valence-electron chi connectivity index (χ4n) is 5.18. The standard InChI is InChI=1S/C32H26Cl2N8/c1-2-27(20-8-4-3-5-9-20)39-29-21(16-35)17-37-30-24(29)14-22(15-26(30)34)38-31(23-10-6-7-11-25(23)33)28-18-42(41-40-28)32(19-36)12-13-32/h3-11,14-15,17-18,27,31,38H,2,12-13H2,1H3,(H,37,39)/t27-,31+/m1/s1. The van der Waals surface area contributed by atoms with Gasteiger partial charge in [-0.15, -0.1) is 5.10 Å². The Morgan fingerprint density at radius 1 is 1.00 bits per heavy atom. The first-order valence-electron chi connectivity index (χ1n) is 13.6. The molecule has 0 aliphatic heterocycles. The molecule has 2 aromatic heterocycles. The maximum Gasteiger partial charge on any atom is 0.150 e. The first-order valence-corrected chi connectivity index (χ1v) is 14.4. The summed E-state index contributed by atoms with van der Waals surface area (Å²) in [6, 6.07) is 25.5. The van der Waals surface area contributed by atoms with Crippen molar-refractivity contribution in [2.45, 2.75) is 43.8 Å². The van der Waals surface area contributed by atoms with Crippen LogP contribution in [0, 0.1) is 22.7 Å². The Labute approximate surface area is 253 Å². The minimum absolute atomic E-state index is 0.0277. The van der Waals surface area contributed by atoms with Gasteiger partial charge in [0, 0.05) is 22.3 Å². The summed E-state index contributed by atoms with van der Waals surface area (Å²) in [5.41, 5.74) is 4.21. The highest BCUT2D eigenvalue weighted by molar-refractivity contribution is 6.36. The number of halogens is 2. The quantitative estimate of drug-likeness (QED) is 0.179. The number of rotatable bonds is 9. The van der Waals surface area contributed by atoms with Crippen molar-refractivity contribution < 1.29 is 0 Å². The van der Waals surface area contributed by atoms with Gasteiger partial charge in [-0.05, 0) is 48.6 Å². The topological polar surface area (TPSA) is 115 Å². The minimum atomic E-state index is -0.642. The molecule has 42 heavy (non-hydrogen) atoms. The summed E-state index contributed by atoms with van der Waals surface area (Å²) >= 11 is 13.5. The monoisotopic (exact) mass is 592 g/mol. The molecule has 0 saturated heterocycles. The number of pyridine rings is 1. The number of fused-ring (bicyclic) bond motifs is 1. The van der Waals surface area contributed by atoms with Crippen LogP contribution in [0.3, 0.4) is 0 Å². The second-order valence-corrected chi connectivity index (χ2v) is 11.2. The van der Waals surface area contributed by atoms with Crippen LogP contribution in [-0.2, 0) is 5.54 Å². The van der Waals surface area contributed by atoms with Crippen molar-refractivity contribution in [1.82, 2.24) is 20.0 Å². The Bertz CT molecular complexity index is 1850. The van der Waals surface area contributed by atoms with Crippen LogP contribution in [0.4, 0.5) is 11.4 Å². The molecule has 10 heteroatoms. The van der Waals surface area contributed by atoms with Gasteiger partial charge in [-0.2, -0.15) is 10.5 Å². The summed E-state index contributed by atoms with van der Waals surface area (Å²) in [5, 5.41) is 37.3. The number of nitrogens with zero attached hydrogens (tertiary/aromatic N) is 6. The van der Waals surface area contributed by atoms with Gasteiger partial charge in [-0.3, -0.25) is 4.98 Å². The molecule has 0 unspecified atom stereocenters. The molecule has 0 bridgehead atoms. The molecule has 1 aliphatic rings. The average molecular weight is 594 g/mol. The third-order valence-corrected chi connectivity index (χ3v) is 8.31. The van der Waals surface area contributed by atoms with Gasteiger partial charge in [0.05, 0.1) is 46.1 Å². The molecule has 0 amide bonds. The van der Waals surface area contributed by atoms with E-state index in [1.165, 1.54) is 0 Å². The molecule has 3 aromatic carbocycles. The number of anilines is 2. The third kappa shape index (κ3) is 5.12. The second-order valence-electron chi connectivity index (χ2n) is 10.4. The lowest BCUT2D eigenvalue weighted by Gasteiger charge is -2.23. The molecule has 5 aromatic rings. The molecular weight excluding hydrogens is 567 g/mol. The van der Waals surface area contributed by atoms with Crippen molar-refractivity contribution >= 4 is 45.5 Å². The molecule has 0 spiro atoms. The highest BCUT2D eigenvalue weighted by Gasteiger charge is 2.47. The minimum Gasteiger partial charge on any atom is -0.377 e. The van der Waals surface area contributed by atoms with Gasteiger partial charge < -0.3 is 10.6 Å². The summed E-state index contributed by atoms with van der Waals surface area (Å²) in [6.45, 7) is 2.10. The second kappa shape index (κ2) is 11.3. The number of benzene rings is 3. The van der Waals surface area contributed by atoms with Gasteiger partial charge in [0.25, 0.3) is 0 Å². The van der Waals surface area contributed by atoms with Crippen molar-refractivity contribution in [1.29, 1.82) is 10.5 Å². The van der Waals surface area contributed by atoms with Gasteiger partial charge in [0.2, 0.25) is 0 Å². The van der Waals surface area contributed by atoms with E-state index in [1.54, 1.807) is 23.1 Å². The smallest absolute Gasteiger partial charge is 0.150 e. The fraction of sp³-hybridized carbons (Fsp3) is 0.219. The van der Waals surface area contributed by atoms with E-state index >= 15 is 0 Å². The van der Waals surface area contributed by atoms with Gasteiger partial charge in [-0.25, -0.2) is 4.68 Å². The van der Waals surface area contributed by atoms with E-state index in [0.29, 0.717) is 43.6 Å². The van der Waals surface area contributed by atoms with E-state index in [4.69, 9.17) is 23.2 Å². The van der Waals surface area contributed by atoms with Crippen LogP contribution in [0.1, 0.15) is 60.7 Å². The molecule has 2 atom stereocenters. The average Bonchev–Trinajstić information content (AvgIpc) is 3.67. The first kappa shape index (κ1) is 27.5. The molecule has 1 aliphatic carbocycles. The predicted molar refractivity (Wildman–Crippen MR) is 164 cm³/mol. The van der Waals surface area contributed by atoms with Crippen molar-refractivity contribution in [2.24, 2.45) is 0 Å². The van der Waals surface area contributed by atoms with Crippen LogP contribution in [-0.4, -0.2) is 20.0 Å². The fourth-order valence-corrected chi connectivity index (χ4v) is 5.69. The molecule has 0 radical (unpaired) electrons. The Hall–Kier alpha value is -4.63. The van der Waals surface area contributed by atoms with Gasteiger partial charge in [-0.1, -0.05) is 83.9 Å². The van der Waals surface area contributed by atoms with Crippen LogP contribution < -0.4 is 10.6 Å². The van der Waals surface area contributed by atoms with Crippen LogP contribution in [0.25, 0.3) is 10.9 Å². The molecule has 1 fully saturated rings. The summed E-state index contributed by atoms with van der Waals surface area (Å²) in [5.74, 6) is 0. The Kier molecular flexibility index (Phi) is 7.43. The van der Waals surface area contributed by atoms with E-state index in [0.717, 1.165) is 30.4 Å². The normalized spacial score (nSPS) is 14.9. The summed E-state index contributed by atoms with van der Waals surface area (Å²) in [6.07, 6.45) is 5.63. The zero-order chi connectivity index (χ0) is 29.3. The Morgan fingerprint density at radius 2 is 1.76 bits per heavy atom. The number of hydrogen-bond acceptors (Lipinski definition) is 7. The summed E-state index contributed by atoms with van der Waals surface area (Å²) in [7, 11) is 0. The molecule has 8 nitrogen and oxygen atoms in total. The van der Waals surface area contributed by atoms with Gasteiger partial charge in [0.15, 0.2) is 5.54 Å². The number of nitriles is 2. The first-order chi connectivity index (χ1) is 20.5. The van der Waals surface area contributed by atoms with E-state index in [1.807, 2.05) is 48.5 Å². The molecule has 2 heterocycles. The van der Waals surface area contributed by atoms with Crippen molar-refractivity contribution in [2.75, 3.05) is 10.6 Å². The molecule has 2 N–H and O–H groups in total. The molecule has 208 valence electrons. The van der Waals surface area contributed by atoms with Crippen molar-refractivity contribution in [3.63, 3.8) is 0 Å². The van der Waals surface area contributed by atoms with Crippen LogP contribution >= 0.6 is 23.2 Å². The van der Waals surface area contributed by atoms with E-state index in [9.17, 15) is 10.5 Å². The predicted octanol–water partition coefficient (Wildman–Crippen LogP) is 7.78.